The molecule has 3 nitrogen and oxygen atoms in total. The SMILES string of the molecule is CCCCCCCCCCCCCCCC(=O)c1ccc(S(C)(=O)=O)cc1-c1ccc(F)cc1. The molecule has 0 saturated heterocycles. The van der Waals surface area contributed by atoms with Crippen LogP contribution in [0.2, 0.25) is 0 Å². The van der Waals surface area contributed by atoms with Crippen LogP contribution in [0.5, 0.6) is 0 Å². The molecule has 0 aliphatic rings. The van der Waals surface area contributed by atoms with Crippen LogP contribution in [-0.4, -0.2) is 20.5 Å². The number of carbonyl (C=O) groups excluding carboxylic acids is 1. The number of carbonyl (C=O) groups is 1. The van der Waals surface area contributed by atoms with Gasteiger partial charge in [-0.3, -0.25) is 4.79 Å². The van der Waals surface area contributed by atoms with E-state index in [9.17, 15) is 17.6 Å². The Morgan fingerprint density at radius 3 is 1.74 bits per heavy atom. The maximum Gasteiger partial charge on any atom is 0.175 e. The van der Waals surface area contributed by atoms with Crippen LogP contribution in [0.15, 0.2) is 47.4 Å². The standard InChI is InChI=1S/C29H41FO3S/c1-3-4-5-6-7-8-9-10-11-12-13-14-15-16-29(31)27-22-21-26(34(2,32)33)23-28(27)24-17-19-25(30)20-18-24/h17-23H,3-16H2,1-2H3. The van der Waals surface area contributed by atoms with Crippen molar-refractivity contribution in [2.75, 3.05) is 6.26 Å². The van der Waals surface area contributed by atoms with E-state index in [4.69, 9.17) is 0 Å². The summed E-state index contributed by atoms with van der Waals surface area (Å²) >= 11 is 0. The van der Waals surface area contributed by atoms with Crippen molar-refractivity contribution in [2.24, 2.45) is 0 Å². The monoisotopic (exact) mass is 488 g/mol. The van der Waals surface area contributed by atoms with Crippen LogP contribution in [0.1, 0.15) is 107 Å². The van der Waals surface area contributed by atoms with Gasteiger partial charge in [0.15, 0.2) is 15.6 Å². The lowest BCUT2D eigenvalue weighted by atomic mass is 9.94. The molecule has 0 N–H and O–H groups in total. The Morgan fingerprint density at radius 2 is 1.24 bits per heavy atom. The molecule has 0 aromatic heterocycles. The lowest BCUT2D eigenvalue weighted by Crippen LogP contribution is -2.05. The van der Waals surface area contributed by atoms with Gasteiger partial charge in [-0.2, -0.15) is 0 Å². The summed E-state index contributed by atoms with van der Waals surface area (Å²) in [6, 6.07) is 10.4. The lowest BCUT2D eigenvalue weighted by molar-refractivity contribution is 0.0979. The molecular formula is C29H41FO3S. The number of hydrogen-bond donors (Lipinski definition) is 0. The highest BCUT2D eigenvalue weighted by atomic mass is 32.2. The quantitative estimate of drug-likeness (QED) is 0.165. The second-order valence-corrected chi connectivity index (χ2v) is 11.4. The molecule has 0 aliphatic heterocycles. The Kier molecular flexibility index (Phi) is 12.5. The van der Waals surface area contributed by atoms with Crippen LogP contribution in [0.25, 0.3) is 11.1 Å². The van der Waals surface area contributed by atoms with Gasteiger partial charge in [0.25, 0.3) is 0 Å². The first-order chi connectivity index (χ1) is 16.3. The van der Waals surface area contributed by atoms with Crippen molar-refractivity contribution in [3.05, 3.63) is 53.8 Å². The summed E-state index contributed by atoms with van der Waals surface area (Å²) in [7, 11) is -3.41. The Bertz CT molecular complexity index is 981. The summed E-state index contributed by atoms with van der Waals surface area (Å²) in [6.45, 7) is 2.25. The van der Waals surface area contributed by atoms with E-state index in [1.165, 1.54) is 88.5 Å². The third kappa shape index (κ3) is 10.1. The highest BCUT2D eigenvalue weighted by molar-refractivity contribution is 7.90. The second kappa shape index (κ2) is 15.1. The smallest absolute Gasteiger partial charge is 0.175 e. The summed E-state index contributed by atoms with van der Waals surface area (Å²) in [4.78, 5) is 13.1. The van der Waals surface area contributed by atoms with Gasteiger partial charge in [0, 0.05) is 18.2 Å². The Hall–Kier alpha value is -2.01. The summed E-state index contributed by atoms with van der Waals surface area (Å²) in [5.74, 6) is -0.370. The van der Waals surface area contributed by atoms with Crippen molar-refractivity contribution < 1.29 is 17.6 Å². The first kappa shape index (κ1) is 28.2. The zero-order valence-corrected chi connectivity index (χ0v) is 21.8. The molecule has 0 bridgehead atoms. The normalized spacial score (nSPS) is 11.6. The molecule has 0 unspecified atom stereocenters. The summed E-state index contributed by atoms with van der Waals surface area (Å²) in [5, 5.41) is 0. The number of hydrogen-bond acceptors (Lipinski definition) is 3. The van der Waals surface area contributed by atoms with E-state index in [-0.39, 0.29) is 16.5 Å². The van der Waals surface area contributed by atoms with Crippen molar-refractivity contribution in [3.8, 4) is 11.1 Å². The predicted molar refractivity (Wildman–Crippen MR) is 140 cm³/mol. The van der Waals surface area contributed by atoms with Gasteiger partial charge in [0.1, 0.15) is 5.82 Å². The van der Waals surface area contributed by atoms with Gasteiger partial charge >= 0.3 is 0 Å². The maximum atomic E-state index is 13.4. The Balaban J connectivity index is 1.79. The lowest BCUT2D eigenvalue weighted by Gasteiger charge is -2.11. The van der Waals surface area contributed by atoms with Gasteiger partial charge in [-0.15, -0.1) is 0 Å². The molecule has 5 heteroatoms. The molecule has 0 atom stereocenters. The van der Waals surface area contributed by atoms with E-state index in [1.54, 1.807) is 18.2 Å². The van der Waals surface area contributed by atoms with Gasteiger partial charge < -0.3 is 0 Å². The first-order valence-corrected chi connectivity index (χ1v) is 14.9. The largest absolute Gasteiger partial charge is 0.294 e. The summed E-state index contributed by atoms with van der Waals surface area (Å²) in [5.41, 5.74) is 1.68. The topological polar surface area (TPSA) is 51.2 Å². The molecular weight excluding hydrogens is 447 g/mol. The summed E-state index contributed by atoms with van der Waals surface area (Å²) < 4.78 is 37.4. The van der Waals surface area contributed by atoms with Crippen molar-refractivity contribution >= 4 is 15.6 Å². The van der Waals surface area contributed by atoms with Gasteiger partial charge in [0.2, 0.25) is 0 Å². The predicted octanol–water partition coefficient (Wildman–Crippen LogP) is 8.56. The molecule has 2 aromatic rings. The zero-order valence-electron chi connectivity index (χ0n) is 21.0. The van der Waals surface area contributed by atoms with Crippen LogP contribution in [-0.2, 0) is 9.84 Å². The van der Waals surface area contributed by atoms with Crippen LogP contribution in [0.3, 0.4) is 0 Å². The van der Waals surface area contributed by atoms with Crippen LogP contribution in [0.4, 0.5) is 4.39 Å². The molecule has 2 aromatic carbocycles. The zero-order chi connectivity index (χ0) is 24.8. The van der Waals surface area contributed by atoms with E-state index >= 15 is 0 Å². The molecule has 0 radical (unpaired) electrons. The van der Waals surface area contributed by atoms with E-state index in [1.807, 2.05) is 0 Å². The minimum absolute atomic E-state index is 0.00227. The Labute approximate surface area is 206 Å². The minimum Gasteiger partial charge on any atom is -0.294 e. The van der Waals surface area contributed by atoms with Crippen molar-refractivity contribution in [2.45, 2.75) is 102 Å². The number of unbranched alkanes of at least 4 members (excludes halogenated alkanes) is 12. The highest BCUT2D eigenvalue weighted by Crippen LogP contribution is 2.29. The van der Waals surface area contributed by atoms with Crippen LogP contribution >= 0.6 is 0 Å². The van der Waals surface area contributed by atoms with Gasteiger partial charge in [-0.1, -0.05) is 96.1 Å². The maximum absolute atomic E-state index is 13.4. The van der Waals surface area contributed by atoms with Crippen molar-refractivity contribution in [3.63, 3.8) is 0 Å². The number of halogens is 1. The number of rotatable bonds is 17. The molecule has 0 saturated carbocycles. The molecule has 0 amide bonds. The average Bonchev–Trinajstić information content (AvgIpc) is 2.81. The number of benzene rings is 2. The Morgan fingerprint density at radius 1 is 0.735 bits per heavy atom. The van der Waals surface area contributed by atoms with Gasteiger partial charge in [-0.25, -0.2) is 12.8 Å². The molecule has 0 heterocycles. The fourth-order valence-electron chi connectivity index (χ4n) is 4.30. The van der Waals surface area contributed by atoms with Crippen molar-refractivity contribution in [1.82, 2.24) is 0 Å². The van der Waals surface area contributed by atoms with Crippen molar-refractivity contribution in [1.29, 1.82) is 0 Å². The van der Waals surface area contributed by atoms with E-state index in [0.29, 0.717) is 23.1 Å². The third-order valence-electron chi connectivity index (χ3n) is 6.38. The number of Topliss-reactive ketones (excluding diaryl/α,β-unsaturated/α-hetero) is 1. The van der Waals surface area contributed by atoms with Gasteiger partial charge in [0.05, 0.1) is 4.90 Å². The minimum atomic E-state index is -3.41. The first-order valence-electron chi connectivity index (χ1n) is 13.0. The van der Waals surface area contributed by atoms with E-state index in [0.717, 1.165) is 25.5 Å². The van der Waals surface area contributed by atoms with E-state index in [2.05, 4.69) is 6.92 Å². The number of ketones is 1. The molecule has 0 aliphatic carbocycles. The fourth-order valence-corrected chi connectivity index (χ4v) is 4.95. The molecule has 0 fully saturated rings. The third-order valence-corrected chi connectivity index (χ3v) is 7.49. The molecule has 188 valence electrons. The van der Waals surface area contributed by atoms with Gasteiger partial charge in [-0.05, 0) is 47.9 Å². The van der Waals surface area contributed by atoms with E-state index < -0.39 is 9.84 Å². The summed E-state index contributed by atoms with van der Waals surface area (Å²) in [6.07, 6.45) is 17.8. The van der Waals surface area contributed by atoms with Crippen LogP contribution < -0.4 is 0 Å². The fraction of sp³-hybridized carbons (Fsp3) is 0.552. The molecule has 0 spiro atoms. The van der Waals surface area contributed by atoms with Crippen LogP contribution in [0, 0.1) is 5.82 Å². The second-order valence-electron chi connectivity index (χ2n) is 9.40. The molecule has 2 rings (SSSR count). The molecule has 34 heavy (non-hydrogen) atoms. The highest BCUT2D eigenvalue weighted by Gasteiger charge is 2.17. The average molecular weight is 489 g/mol. The number of sulfone groups is 1.